The third-order valence-electron chi connectivity index (χ3n) is 6.35. The summed E-state index contributed by atoms with van der Waals surface area (Å²) in [5, 5.41) is 15.7. The van der Waals surface area contributed by atoms with Gasteiger partial charge in [0.25, 0.3) is 0 Å². The summed E-state index contributed by atoms with van der Waals surface area (Å²) in [5.41, 5.74) is 0.280. The zero-order valence-electron chi connectivity index (χ0n) is 17.2. The fraction of sp³-hybridized carbons (Fsp3) is 0.500. The Labute approximate surface area is 182 Å². The van der Waals surface area contributed by atoms with Gasteiger partial charge in [-0.25, -0.2) is 10.8 Å². The number of halogens is 3. The minimum absolute atomic E-state index is 0.0244. The normalized spacial score (nSPS) is 20.6. The van der Waals surface area contributed by atoms with Gasteiger partial charge in [-0.2, -0.15) is 18.2 Å². The lowest BCUT2D eigenvalue weighted by Gasteiger charge is -2.56. The number of nitrogens with one attached hydrogen (secondary N) is 2. The first-order chi connectivity index (χ1) is 15.2. The van der Waals surface area contributed by atoms with Crippen molar-refractivity contribution >= 4 is 23.1 Å². The molecular weight excluding hydrogens is 427 g/mol. The molecule has 12 heteroatoms. The van der Waals surface area contributed by atoms with Crippen molar-refractivity contribution in [3.63, 3.8) is 0 Å². The molecule has 1 aromatic carbocycles. The SMILES string of the molecule is NN(O)C1(CNc2nc(Nc3ccc(N4CC5(COC5)C4)cc3)ncc2C(F)(F)F)CC1. The number of nitrogens with zero attached hydrogens (tertiary/aromatic N) is 4. The Kier molecular flexibility index (Phi) is 4.93. The van der Waals surface area contributed by atoms with E-state index < -0.39 is 17.3 Å². The van der Waals surface area contributed by atoms with Crippen molar-refractivity contribution in [2.75, 3.05) is 48.4 Å². The molecule has 1 saturated carbocycles. The van der Waals surface area contributed by atoms with E-state index in [0.29, 0.717) is 29.1 Å². The van der Waals surface area contributed by atoms with Crippen molar-refractivity contribution in [2.24, 2.45) is 11.3 Å². The summed E-state index contributed by atoms with van der Waals surface area (Å²) in [6.07, 6.45) is -2.74. The van der Waals surface area contributed by atoms with Gasteiger partial charge in [-0.15, -0.1) is 5.17 Å². The molecule has 2 aliphatic heterocycles. The van der Waals surface area contributed by atoms with Crippen molar-refractivity contribution in [2.45, 2.75) is 24.6 Å². The van der Waals surface area contributed by atoms with Gasteiger partial charge in [0.1, 0.15) is 11.4 Å². The summed E-state index contributed by atoms with van der Waals surface area (Å²) < 4.78 is 45.5. The van der Waals surface area contributed by atoms with Crippen LogP contribution >= 0.6 is 0 Å². The summed E-state index contributed by atoms with van der Waals surface area (Å²) in [6.45, 7) is 3.58. The maximum absolute atomic E-state index is 13.4. The van der Waals surface area contributed by atoms with Crippen LogP contribution in [0.1, 0.15) is 18.4 Å². The molecule has 0 bridgehead atoms. The number of aromatic nitrogens is 2. The van der Waals surface area contributed by atoms with E-state index in [1.807, 2.05) is 24.3 Å². The minimum atomic E-state index is -4.62. The summed E-state index contributed by atoms with van der Waals surface area (Å²) in [4.78, 5) is 10.1. The highest BCUT2D eigenvalue weighted by atomic mass is 19.4. The number of benzene rings is 1. The Balaban J connectivity index is 1.28. The van der Waals surface area contributed by atoms with Crippen molar-refractivity contribution in [3.8, 4) is 0 Å². The van der Waals surface area contributed by atoms with Gasteiger partial charge in [-0.3, -0.25) is 5.21 Å². The second-order valence-corrected chi connectivity index (χ2v) is 8.90. The molecule has 5 rings (SSSR count). The molecule has 9 nitrogen and oxygen atoms in total. The number of alkyl halides is 3. The number of hydrazine groups is 1. The summed E-state index contributed by atoms with van der Waals surface area (Å²) in [6, 6.07) is 7.57. The molecule has 32 heavy (non-hydrogen) atoms. The molecule has 2 saturated heterocycles. The maximum Gasteiger partial charge on any atom is 0.421 e. The van der Waals surface area contributed by atoms with E-state index >= 15 is 0 Å². The van der Waals surface area contributed by atoms with Crippen LogP contribution in [0.5, 0.6) is 0 Å². The van der Waals surface area contributed by atoms with Crippen LogP contribution in [0.2, 0.25) is 0 Å². The van der Waals surface area contributed by atoms with E-state index in [9.17, 15) is 18.4 Å². The molecule has 3 heterocycles. The van der Waals surface area contributed by atoms with E-state index in [0.717, 1.165) is 38.2 Å². The molecule has 1 spiro atoms. The number of nitrogens with two attached hydrogens (primary N) is 1. The summed E-state index contributed by atoms with van der Waals surface area (Å²) in [7, 11) is 0. The monoisotopic (exact) mass is 451 g/mol. The molecule has 1 aliphatic carbocycles. The zero-order chi connectivity index (χ0) is 22.6. The molecule has 0 atom stereocenters. The fourth-order valence-electron chi connectivity index (χ4n) is 4.07. The van der Waals surface area contributed by atoms with E-state index in [1.165, 1.54) is 0 Å². The number of hydrogen-bond acceptors (Lipinski definition) is 9. The van der Waals surface area contributed by atoms with Crippen molar-refractivity contribution in [1.29, 1.82) is 0 Å². The third-order valence-corrected chi connectivity index (χ3v) is 6.35. The van der Waals surface area contributed by atoms with Crippen LogP contribution in [0, 0.1) is 5.41 Å². The number of hydroxylamine groups is 1. The number of anilines is 4. The lowest BCUT2D eigenvalue weighted by atomic mass is 9.78. The number of rotatable bonds is 7. The van der Waals surface area contributed by atoms with Crippen LogP contribution in [-0.4, -0.2) is 58.7 Å². The second kappa shape index (κ2) is 7.44. The number of ether oxygens (including phenoxy) is 1. The van der Waals surface area contributed by atoms with E-state index in [2.05, 4.69) is 25.5 Å². The highest BCUT2D eigenvalue weighted by molar-refractivity contribution is 5.61. The summed E-state index contributed by atoms with van der Waals surface area (Å²) >= 11 is 0. The lowest BCUT2D eigenvalue weighted by Crippen LogP contribution is -2.66. The fourth-order valence-corrected chi connectivity index (χ4v) is 4.07. The first-order valence-corrected chi connectivity index (χ1v) is 10.3. The molecule has 0 amide bonds. The average molecular weight is 451 g/mol. The Bertz CT molecular complexity index is 984. The van der Waals surface area contributed by atoms with Crippen LogP contribution in [0.3, 0.4) is 0 Å². The zero-order valence-corrected chi connectivity index (χ0v) is 17.2. The highest BCUT2D eigenvalue weighted by Crippen LogP contribution is 2.41. The molecule has 0 radical (unpaired) electrons. The van der Waals surface area contributed by atoms with Crippen LogP contribution in [0.15, 0.2) is 30.5 Å². The Morgan fingerprint density at radius 2 is 1.88 bits per heavy atom. The van der Waals surface area contributed by atoms with Crippen molar-refractivity contribution in [3.05, 3.63) is 36.0 Å². The molecule has 5 N–H and O–H groups in total. The molecule has 0 unspecified atom stereocenters. The van der Waals surface area contributed by atoms with Gasteiger partial charge in [-0.05, 0) is 37.1 Å². The van der Waals surface area contributed by atoms with Crippen LogP contribution < -0.4 is 21.4 Å². The molecule has 3 fully saturated rings. The molecule has 172 valence electrons. The Morgan fingerprint density at radius 3 is 2.41 bits per heavy atom. The molecule has 1 aromatic heterocycles. The second-order valence-electron chi connectivity index (χ2n) is 8.90. The van der Waals surface area contributed by atoms with Crippen LogP contribution in [0.25, 0.3) is 0 Å². The van der Waals surface area contributed by atoms with Crippen molar-refractivity contribution < 1.29 is 23.1 Å². The maximum atomic E-state index is 13.4. The van der Waals surface area contributed by atoms with Gasteiger partial charge in [0.05, 0.1) is 24.2 Å². The Morgan fingerprint density at radius 1 is 1.19 bits per heavy atom. The standard InChI is InChI=1S/C20H24F3N7O2/c21-20(22,23)15-7-25-17(28-16(15)26-8-19(5-6-19)30(24)31)27-13-1-3-14(4-2-13)29-9-18(10-29)11-32-12-18/h1-4,7,31H,5-6,8-12,24H2,(H2,25,26,27,28). The largest absolute Gasteiger partial charge is 0.421 e. The first-order valence-electron chi connectivity index (χ1n) is 10.3. The van der Waals surface area contributed by atoms with Gasteiger partial charge >= 0.3 is 6.18 Å². The molecule has 2 aromatic rings. The van der Waals surface area contributed by atoms with Crippen LogP contribution in [0.4, 0.5) is 36.3 Å². The molecule has 3 aliphatic rings. The average Bonchev–Trinajstić information content (AvgIpc) is 3.46. The highest BCUT2D eigenvalue weighted by Gasteiger charge is 2.49. The van der Waals surface area contributed by atoms with Crippen LogP contribution in [-0.2, 0) is 10.9 Å². The van der Waals surface area contributed by atoms with Gasteiger partial charge in [0.15, 0.2) is 0 Å². The smallest absolute Gasteiger partial charge is 0.380 e. The third kappa shape index (κ3) is 3.94. The first kappa shape index (κ1) is 21.2. The van der Waals surface area contributed by atoms with E-state index in [1.54, 1.807) is 0 Å². The Hall–Kier alpha value is -2.67. The topological polar surface area (TPSA) is 112 Å². The number of hydrogen-bond donors (Lipinski definition) is 4. The van der Waals surface area contributed by atoms with Gasteiger partial charge in [0, 0.05) is 37.2 Å². The lowest BCUT2D eigenvalue weighted by molar-refractivity contribution is -0.138. The van der Waals surface area contributed by atoms with Gasteiger partial charge < -0.3 is 20.3 Å². The van der Waals surface area contributed by atoms with Gasteiger partial charge in [-0.1, -0.05) is 0 Å². The predicted octanol–water partition coefficient (Wildman–Crippen LogP) is 2.59. The molecular formula is C20H24F3N7O2. The van der Waals surface area contributed by atoms with Crippen molar-refractivity contribution in [1.82, 2.24) is 15.1 Å². The van der Waals surface area contributed by atoms with E-state index in [-0.39, 0.29) is 18.3 Å². The summed E-state index contributed by atoms with van der Waals surface area (Å²) in [5.74, 6) is 5.06. The minimum Gasteiger partial charge on any atom is -0.380 e. The van der Waals surface area contributed by atoms with Gasteiger partial charge in [0.2, 0.25) is 5.95 Å². The predicted molar refractivity (Wildman–Crippen MR) is 110 cm³/mol. The quantitative estimate of drug-likeness (QED) is 0.373. The van der Waals surface area contributed by atoms with E-state index in [4.69, 9.17) is 10.6 Å².